The summed E-state index contributed by atoms with van der Waals surface area (Å²) in [5.41, 5.74) is 2.36. The van der Waals surface area contributed by atoms with Crippen LogP contribution in [0.4, 0.5) is 0 Å². The maximum atomic E-state index is 8.44. The van der Waals surface area contributed by atoms with Crippen molar-refractivity contribution in [2.24, 2.45) is 0 Å². The molecule has 2 heterocycles. The molecule has 0 N–H and O–H groups in total. The van der Waals surface area contributed by atoms with E-state index < -0.39 is 19.6 Å². The van der Waals surface area contributed by atoms with E-state index in [0.29, 0.717) is 33.4 Å². The summed E-state index contributed by atoms with van der Waals surface area (Å²) in [6, 6.07) is 12.1. The van der Waals surface area contributed by atoms with Gasteiger partial charge in [-0.25, -0.2) is 0 Å². The quantitative estimate of drug-likeness (QED) is 0.427. The Morgan fingerprint density at radius 3 is 2.50 bits per heavy atom. The predicted molar refractivity (Wildman–Crippen MR) is 101 cm³/mol. The zero-order valence-corrected chi connectivity index (χ0v) is 13.5. The van der Waals surface area contributed by atoms with E-state index in [1.165, 1.54) is 12.3 Å². The summed E-state index contributed by atoms with van der Waals surface area (Å²) in [6.45, 7) is -1.45. The average Bonchev–Trinajstić information content (AvgIpc) is 3.04. The summed E-state index contributed by atoms with van der Waals surface area (Å²) in [7, 11) is 0. The molecule has 120 valence electrons. The third-order valence-electron chi connectivity index (χ3n) is 4.24. The van der Waals surface area contributed by atoms with E-state index in [9.17, 15) is 0 Å². The van der Waals surface area contributed by atoms with Crippen LogP contribution in [0.15, 0.2) is 53.1 Å². The molecule has 0 atom stereocenters. The number of hydrogen-bond donors (Lipinski definition) is 0. The number of benzene rings is 2. The van der Waals surface area contributed by atoms with Crippen molar-refractivity contribution in [2.45, 2.75) is 33.4 Å². The highest BCUT2D eigenvalue weighted by Gasteiger charge is 2.15. The van der Waals surface area contributed by atoms with Gasteiger partial charge in [0.1, 0.15) is 11.2 Å². The van der Waals surface area contributed by atoms with Gasteiger partial charge in [0.25, 0.3) is 0 Å². The minimum atomic E-state index is -2.39. The van der Waals surface area contributed by atoms with Gasteiger partial charge in [-0.05, 0) is 48.4 Å². The second kappa shape index (κ2) is 5.48. The van der Waals surface area contributed by atoms with Gasteiger partial charge >= 0.3 is 0 Å². The third kappa shape index (κ3) is 2.22. The lowest BCUT2D eigenvalue weighted by Gasteiger charge is -2.11. The molecule has 0 aliphatic rings. The first-order valence-electron chi connectivity index (χ1n) is 11.2. The summed E-state index contributed by atoms with van der Waals surface area (Å²) in [5, 5.41) is 1.43. The summed E-state index contributed by atoms with van der Waals surface area (Å²) in [4.78, 5) is 4.37. The Labute approximate surface area is 152 Å². The number of nitrogens with zero attached hydrogens (tertiary/aromatic N) is 1. The van der Waals surface area contributed by atoms with Crippen LogP contribution < -0.4 is 0 Å². The molecule has 0 saturated heterocycles. The minimum absolute atomic E-state index is 0.0396. The van der Waals surface area contributed by atoms with E-state index in [0.717, 1.165) is 5.39 Å². The van der Waals surface area contributed by atoms with Gasteiger partial charge in [0, 0.05) is 32.1 Å². The maximum absolute atomic E-state index is 8.44. The first-order valence-corrected chi connectivity index (χ1v) is 7.74. The van der Waals surface area contributed by atoms with Crippen LogP contribution in [0.2, 0.25) is 0 Å². The largest absolute Gasteiger partial charge is 0.455 e. The molecular formula is C22H21NO. The second-order valence-electron chi connectivity index (χ2n) is 6.08. The Bertz CT molecular complexity index is 1290. The van der Waals surface area contributed by atoms with E-state index in [4.69, 9.17) is 14.0 Å². The molecule has 0 aliphatic heterocycles. The molecule has 0 radical (unpaired) electrons. The zero-order valence-electron chi connectivity index (χ0n) is 20.5. The van der Waals surface area contributed by atoms with Crippen LogP contribution in [0, 0.1) is 13.7 Å². The average molecular weight is 322 g/mol. The van der Waals surface area contributed by atoms with E-state index in [1.54, 1.807) is 32.0 Å². The Kier molecular flexibility index (Phi) is 2.06. The minimum Gasteiger partial charge on any atom is -0.455 e. The Morgan fingerprint density at radius 2 is 1.75 bits per heavy atom. The van der Waals surface area contributed by atoms with Gasteiger partial charge in [-0.2, -0.15) is 0 Å². The molecule has 0 amide bonds. The topological polar surface area (TPSA) is 26.0 Å². The molecule has 4 aromatic rings. The van der Waals surface area contributed by atoms with Crippen molar-refractivity contribution in [3.8, 4) is 11.3 Å². The Hall–Kier alpha value is -2.61. The first-order chi connectivity index (χ1) is 14.3. The monoisotopic (exact) mass is 322 g/mol. The normalized spacial score (nSPS) is 17.5. The van der Waals surface area contributed by atoms with Crippen molar-refractivity contribution in [1.29, 1.82) is 0 Å². The fraction of sp³-hybridized carbons (Fsp3) is 0.227. The van der Waals surface area contributed by atoms with E-state index in [-0.39, 0.29) is 11.1 Å². The van der Waals surface area contributed by atoms with Crippen LogP contribution in [0.1, 0.15) is 46.0 Å². The number of furan rings is 1. The highest BCUT2D eigenvalue weighted by Crippen LogP contribution is 2.37. The van der Waals surface area contributed by atoms with Gasteiger partial charge < -0.3 is 4.42 Å². The van der Waals surface area contributed by atoms with Crippen LogP contribution >= 0.6 is 0 Å². The smallest absolute Gasteiger partial charge is 0.144 e. The molecule has 4 rings (SSSR count). The summed E-state index contributed by atoms with van der Waals surface area (Å²) in [6.07, 6.45) is 1.29. The van der Waals surface area contributed by atoms with E-state index in [2.05, 4.69) is 4.98 Å². The third-order valence-corrected chi connectivity index (χ3v) is 4.24. The molecule has 2 aromatic carbocycles. The Balaban J connectivity index is 2.01. The summed E-state index contributed by atoms with van der Waals surface area (Å²) in [5.74, 6) is -1.16. The van der Waals surface area contributed by atoms with Crippen LogP contribution in [0.25, 0.3) is 33.2 Å². The van der Waals surface area contributed by atoms with E-state index >= 15 is 0 Å². The number of aryl methyl sites for hydroxylation is 2. The molecule has 0 unspecified atom stereocenters. The van der Waals surface area contributed by atoms with Crippen molar-refractivity contribution in [3.63, 3.8) is 0 Å². The number of aromatic nitrogens is 1. The standard InChI is InChI=1S/C22H21NO/c1-13(2)19-11-20(23-12-15(19)4)18-10-6-9-17-16-8-5-7-14(3)21(16)24-22(17)18/h5-13H,1-4H3/i3D3,4D3,13D. The molecule has 0 spiro atoms. The van der Waals surface area contributed by atoms with Crippen LogP contribution in [-0.2, 0) is 0 Å². The summed E-state index contributed by atoms with van der Waals surface area (Å²) < 4.78 is 61.3. The molecule has 2 nitrogen and oxygen atoms in total. The predicted octanol–water partition coefficient (Wildman–Crippen LogP) is 6.39. The van der Waals surface area contributed by atoms with Crippen LogP contribution in [0.5, 0.6) is 0 Å². The van der Waals surface area contributed by atoms with Crippen LogP contribution in [0.3, 0.4) is 0 Å². The van der Waals surface area contributed by atoms with Crippen molar-refractivity contribution < 1.29 is 14.0 Å². The second-order valence-corrected chi connectivity index (χ2v) is 6.08. The molecule has 2 heteroatoms. The van der Waals surface area contributed by atoms with Crippen molar-refractivity contribution >= 4 is 21.9 Å². The highest BCUT2D eigenvalue weighted by molar-refractivity contribution is 6.10. The number of pyridine rings is 1. The zero-order chi connectivity index (χ0) is 22.8. The first kappa shape index (κ1) is 9.03. The summed E-state index contributed by atoms with van der Waals surface area (Å²) >= 11 is 0. The number of para-hydroxylation sites is 2. The number of hydrogen-bond acceptors (Lipinski definition) is 2. The highest BCUT2D eigenvalue weighted by atomic mass is 16.3. The van der Waals surface area contributed by atoms with Crippen molar-refractivity contribution in [3.05, 3.63) is 65.4 Å². The lowest BCUT2D eigenvalue weighted by molar-refractivity contribution is 0.666. The molecule has 24 heavy (non-hydrogen) atoms. The molecule has 0 bridgehead atoms. The van der Waals surface area contributed by atoms with Crippen LogP contribution in [-0.4, -0.2) is 4.98 Å². The molecule has 2 aromatic heterocycles. The van der Waals surface area contributed by atoms with Gasteiger partial charge in [0.05, 0.1) is 5.69 Å². The van der Waals surface area contributed by atoms with Gasteiger partial charge in [-0.3, -0.25) is 4.98 Å². The van der Waals surface area contributed by atoms with Gasteiger partial charge in [-0.1, -0.05) is 44.2 Å². The van der Waals surface area contributed by atoms with Gasteiger partial charge in [-0.15, -0.1) is 0 Å². The maximum Gasteiger partial charge on any atom is 0.144 e. The molecule has 0 saturated carbocycles. The lowest BCUT2D eigenvalue weighted by atomic mass is 9.97. The molecular weight excluding hydrogens is 294 g/mol. The van der Waals surface area contributed by atoms with Gasteiger partial charge in [0.2, 0.25) is 0 Å². The fourth-order valence-electron chi connectivity index (χ4n) is 3.04. The van der Waals surface area contributed by atoms with Crippen molar-refractivity contribution in [1.82, 2.24) is 4.98 Å². The molecule has 0 fully saturated rings. The Morgan fingerprint density at radius 1 is 1.00 bits per heavy atom. The lowest BCUT2D eigenvalue weighted by Crippen LogP contribution is -1.95. The van der Waals surface area contributed by atoms with Gasteiger partial charge in [0.15, 0.2) is 0 Å². The number of fused-ring (bicyclic) bond motifs is 3. The van der Waals surface area contributed by atoms with E-state index in [1.807, 2.05) is 18.2 Å². The SMILES string of the molecule is [2H]C([2H])([2H])c1cnc(-c2cccc3c2oc2c(C([2H])([2H])[2H])cccc23)cc1C([2H])(C)C. The molecule has 0 aliphatic carbocycles. The fourth-order valence-corrected chi connectivity index (χ4v) is 3.04. The van der Waals surface area contributed by atoms with Crippen molar-refractivity contribution in [2.75, 3.05) is 0 Å². The number of rotatable bonds is 2.